The highest BCUT2D eigenvalue weighted by molar-refractivity contribution is 5.94. The van der Waals surface area contributed by atoms with Crippen molar-refractivity contribution in [3.05, 3.63) is 35.4 Å². The average Bonchev–Trinajstić information content (AvgIpc) is 2.43. The third-order valence-corrected chi connectivity index (χ3v) is 3.17. The van der Waals surface area contributed by atoms with Gasteiger partial charge in [-0.3, -0.25) is 4.79 Å². The van der Waals surface area contributed by atoms with Crippen LogP contribution in [0.4, 0.5) is 0 Å². The molecule has 0 fully saturated rings. The molecule has 0 aliphatic carbocycles. The molecule has 102 valence electrons. The zero-order chi connectivity index (χ0) is 14.4. The van der Waals surface area contributed by atoms with Gasteiger partial charge in [-0.15, -0.1) is 6.42 Å². The number of carbonyl (C=O) groups excluding carboxylic acids is 1. The Balaban J connectivity index is 2.74. The summed E-state index contributed by atoms with van der Waals surface area (Å²) in [4.78, 5) is 12.1. The number of aliphatic hydroxyl groups is 1. The molecule has 0 heterocycles. The number of rotatable bonds is 5. The van der Waals surface area contributed by atoms with Gasteiger partial charge in [-0.2, -0.15) is 0 Å². The van der Waals surface area contributed by atoms with Gasteiger partial charge in [-0.05, 0) is 36.6 Å². The van der Waals surface area contributed by atoms with Gasteiger partial charge in [-0.25, -0.2) is 0 Å². The number of carbonyl (C=O) groups is 1. The monoisotopic (exact) mass is 259 g/mol. The van der Waals surface area contributed by atoms with Crippen molar-refractivity contribution in [2.75, 3.05) is 0 Å². The Morgan fingerprint density at radius 2 is 1.95 bits per heavy atom. The number of aliphatic hydroxyl groups excluding tert-OH is 1. The van der Waals surface area contributed by atoms with E-state index in [9.17, 15) is 9.90 Å². The lowest BCUT2D eigenvalue weighted by atomic mass is 9.97. The van der Waals surface area contributed by atoms with Gasteiger partial charge in [0.15, 0.2) is 0 Å². The van der Waals surface area contributed by atoms with Gasteiger partial charge in [0.2, 0.25) is 0 Å². The molecule has 0 bridgehead atoms. The average molecular weight is 259 g/mol. The summed E-state index contributed by atoms with van der Waals surface area (Å²) in [6.07, 6.45) is 5.41. The number of hydrogen-bond acceptors (Lipinski definition) is 2. The lowest BCUT2D eigenvalue weighted by molar-refractivity contribution is 0.0678. The fourth-order valence-electron chi connectivity index (χ4n) is 1.86. The van der Waals surface area contributed by atoms with Crippen LogP contribution < -0.4 is 5.32 Å². The molecule has 0 saturated carbocycles. The summed E-state index contributed by atoms with van der Waals surface area (Å²) in [5, 5.41) is 12.9. The van der Waals surface area contributed by atoms with E-state index >= 15 is 0 Å². The second kappa shape index (κ2) is 6.96. The first-order chi connectivity index (χ1) is 8.99. The van der Waals surface area contributed by atoms with Crippen molar-refractivity contribution in [2.45, 2.75) is 39.3 Å². The zero-order valence-electron chi connectivity index (χ0n) is 11.7. The molecule has 0 radical (unpaired) electrons. The zero-order valence-corrected chi connectivity index (χ0v) is 11.7. The molecule has 0 aliphatic rings. The maximum absolute atomic E-state index is 12.1. The highest BCUT2D eigenvalue weighted by Crippen LogP contribution is 2.11. The minimum atomic E-state index is -0.543. The third-order valence-electron chi connectivity index (χ3n) is 3.17. The fraction of sp³-hybridized carbons (Fsp3) is 0.438. The second-order valence-corrected chi connectivity index (χ2v) is 4.94. The Kier molecular flexibility index (Phi) is 5.59. The Hall–Kier alpha value is -1.79. The summed E-state index contributed by atoms with van der Waals surface area (Å²) in [5.74, 6) is 2.43. The molecule has 3 nitrogen and oxygen atoms in total. The van der Waals surface area contributed by atoms with Gasteiger partial charge in [0.05, 0.1) is 12.1 Å². The molecule has 1 aromatic carbocycles. The number of terminal acetylenes is 1. The van der Waals surface area contributed by atoms with Crippen LogP contribution in [-0.2, 0) is 0 Å². The lowest BCUT2D eigenvalue weighted by Gasteiger charge is -2.25. The number of amides is 1. The SMILES string of the molecule is C#Cc1ccc(C(=O)NC(CC)C(O)C(C)C)cc1. The summed E-state index contributed by atoms with van der Waals surface area (Å²) in [5.41, 5.74) is 1.29. The molecule has 0 aliphatic heterocycles. The van der Waals surface area contributed by atoms with Gasteiger partial charge in [0, 0.05) is 11.1 Å². The van der Waals surface area contributed by atoms with E-state index in [4.69, 9.17) is 6.42 Å². The molecule has 19 heavy (non-hydrogen) atoms. The van der Waals surface area contributed by atoms with Crippen LogP contribution in [0.25, 0.3) is 0 Å². The van der Waals surface area contributed by atoms with Crippen LogP contribution in [0.3, 0.4) is 0 Å². The van der Waals surface area contributed by atoms with E-state index in [-0.39, 0.29) is 17.9 Å². The first kappa shape index (κ1) is 15.3. The first-order valence-electron chi connectivity index (χ1n) is 6.55. The van der Waals surface area contributed by atoms with Crippen molar-refractivity contribution in [1.29, 1.82) is 0 Å². The van der Waals surface area contributed by atoms with E-state index in [1.807, 2.05) is 20.8 Å². The summed E-state index contributed by atoms with van der Waals surface area (Å²) in [6, 6.07) is 6.61. The van der Waals surface area contributed by atoms with Crippen molar-refractivity contribution in [2.24, 2.45) is 5.92 Å². The summed E-state index contributed by atoms with van der Waals surface area (Å²) in [7, 11) is 0. The molecule has 1 rings (SSSR count). The Bertz CT molecular complexity index is 457. The topological polar surface area (TPSA) is 49.3 Å². The van der Waals surface area contributed by atoms with Crippen molar-refractivity contribution in [3.63, 3.8) is 0 Å². The van der Waals surface area contributed by atoms with Gasteiger partial charge in [0.1, 0.15) is 0 Å². The van der Waals surface area contributed by atoms with Crippen molar-refractivity contribution in [1.82, 2.24) is 5.32 Å². The van der Waals surface area contributed by atoms with E-state index in [1.54, 1.807) is 24.3 Å². The molecule has 2 unspecified atom stereocenters. The van der Waals surface area contributed by atoms with Gasteiger partial charge < -0.3 is 10.4 Å². The minimum Gasteiger partial charge on any atom is -0.391 e. The third kappa shape index (κ3) is 4.11. The van der Waals surface area contributed by atoms with E-state index < -0.39 is 6.10 Å². The molecule has 2 atom stereocenters. The first-order valence-corrected chi connectivity index (χ1v) is 6.55. The summed E-state index contributed by atoms with van der Waals surface area (Å²) >= 11 is 0. The molecule has 2 N–H and O–H groups in total. The van der Waals surface area contributed by atoms with E-state index in [0.29, 0.717) is 12.0 Å². The Morgan fingerprint density at radius 1 is 1.37 bits per heavy atom. The predicted octanol–water partition coefficient (Wildman–Crippen LogP) is 2.19. The second-order valence-electron chi connectivity index (χ2n) is 4.94. The molecule has 0 saturated heterocycles. The lowest BCUT2D eigenvalue weighted by Crippen LogP contribution is -2.45. The van der Waals surface area contributed by atoms with Crippen molar-refractivity contribution < 1.29 is 9.90 Å². The predicted molar refractivity (Wildman–Crippen MR) is 76.8 cm³/mol. The van der Waals surface area contributed by atoms with Crippen LogP contribution in [-0.4, -0.2) is 23.2 Å². The largest absolute Gasteiger partial charge is 0.391 e. The number of benzene rings is 1. The normalized spacial score (nSPS) is 13.7. The molecular formula is C16H21NO2. The minimum absolute atomic E-state index is 0.106. The molecule has 0 aromatic heterocycles. The van der Waals surface area contributed by atoms with Crippen molar-refractivity contribution in [3.8, 4) is 12.3 Å². The molecule has 3 heteroatoms. The molecule has 1 amide bonds. The highest BCUT2D eigenvalue weighted by atomic mass is 16.3. The van der Waals surface area contributed by atoms with Crippen LogP contribution in [0.1, 0.15) is 43.1 Å². The standard InChI is InChI=1S/C16H21NO2/c1-5-12-7-9-13(10-8-12)16(19)17-14(6-2)15(18)11(3)4/h1,7-11,14-15,18H,6H2,2-4H3,(H,17,19). The number of hydrogen-bond donors (Lipinski definition) is 2. The van der Waals surface area contributed by atoms with Crippen LogP contribution in [0, 0.1) is 18.3 Å². The van der Waals surface area contributed by atoms with Gasteiger partial charge in [-0.1, -0.05) is 26.7 Å². The maximum Gasteiger partial charge on any atom is 0.251 e. The van der Waals surface area contributed by atoms with E-state index in [2.05, 4.69) is 11.2 Å². The van der Waals surface area contributed by atoms with Crippen molar-refractivity contribution >= 4 is 5.91 Å². The molecule has 0 spiro atoms. The van der Waals surface area contributed by atoms with Gasteiger partial charge in [0.25, 0.3) is 5.91 Å². The Labute approximate surface area is 115 Å². The molecule has 1 aromatic rings. The van der Waals surface area contributed by atoms with E-state index in [0.717, 1.165) is 5.56 Å². The van der Waals surface area contributed by atoms with Crippen LogP contribution in [0.15, 0.2) is 24.3 Å². The Morgan fingerprint density at radius 3 is 2.37 bits per heavy atom. The molecular weight excluding hydrogens is 238 g/mol. The van der Waals surface area contributed by atoms with Gasteiger partial charge >= 0.3 is 0 Å². The van der Waals surface area contributed by atoms with Crippen LogP contribution in [0.2, 0.25) is 0 Å². The summed E-state index contributed by atoms with van der Waals surface area (Å²) < 4.78 is 0. The van der Waals surface area contributed by atoms with E-state index in [1.165, 1.54) is 0 Å². The van der Waals surface area contributed by atoms with Crippen LogP contribution >= 0.6 is 0 Å². The number of nitrogens with one attached hydrogen (secondary N) is 1. The maximum atomic E-state index is 12.1. The smallest absolute Gasteiger partial charge is 0.251 e. The highest BCUT2D eigenvalue weighted by Gasteiger charge is 2.22. The summed E-state index contributed by atoms with van der Waals surface area (Å²) in [6.45, 7) is 5.81. The van der Waals surface area contributed by atoms with Crippen LogP contribution in [0.5, 0.6) is 0 Å². The fourth-order valence-corrected chi connectivity index (χ4v) is 1.86. The quantitative estimate of drug-likeness (QED) is 0.796.